The van der Waals surface area contributed by atoms with Crippen LogP contribution < -0.4 is 10.6 Å². The Hall–Kier alpha value is -1.47. The Bertz CT molecular complexity index is 476. The van der Waals surface area contributed by atoms with Crippen molar-refractivity contribution in [3.8, 4) is 0 Å². The van der Waals surface area contributed by atoms with E-state index in [1.54, 1.807) is 10.9 Å². The average molecular weight is 292 g/mol. The molecule has 0 aliphatic carbocycles. The van der Waals surface area contributed by atoms with Crippen LogP contribution in [0.1, 0.15) is 42.7 Å². The minimum Gasteiger partial charge on any atom is -0.348 e. The molecule has 7 heteroatoms. The Morgan fingerprint density at radius 1 is 1.43 bits per heavy atom. The van der Waals surface area contributed by atoms with Crippen LogP contribution in [-0.2, 0) is 0 Å². The molecule has 2 fully saturated rings. The van der Waals surface area contributed by atoms with Crippen molar-refractivity contribution in [1.29, 1.82) is 0 Å². The highest BCUT2D eigenvalue weighted by Crippen LogP contribution is 2.12. The first-order chi connectivity index (χ1) is 10.3. The van der Waals surface area contributed by atoms with Gasteiger partial charge in [0.05, 0.1) is 12.2 Å². The molecule has 1 aromatic rings. The zero-order chi connectivity index (χ0) is 14.7. The van der Waals surface area contributed by atoms with Gasteiger partial charge in [0.25, 0.3) is 5.91 Å². The highest BCUT2D eigenvalue weighted by atomic mass is 16.2. The first-order valence-corrected chi connectivity index (χ1v) is 7.92. The Labute approximate surface area is 125 Å². The summed E-state index contributed by atoms with van der Waals surface area (Å²) in [4.78, 5) is 14.7. The van der Waals surface area contributed by atoms with Crippen LogP contribution in [0.25, 0.3) is 0 Å². The van der Waals surface area contributed by atoms with E-state index in [9.17, 15) is 4.79 Å². The van der Waals surface area contributed by atoms with Gasteiger partial charge in [-0.2, -0.15) is 0 Å². The normalized spacial score (nSPS) is 21.2. The molecule has 0 atom stereocenters. The number of hydrogen-bond donors (Lipinski definition) is 2. The standard InChI is InChI=1S/C14H24N6O/c1-2-5-19-6-3-11(4-7-19)16-14(21)13-10-20(18-17-13)12-8-15-9-12/h10-12,15H,2-9H2,1H3,(H,16,21). The van der Waals surface area contributed by atoms with Gasteiger partial charge in [0.2, 0.25) is 0 Å². The highest BCUT2D eigenvalue weighted by molar-refractivity contribution is 5.92. The van der Waals surface area contributed by atoms with Gasteiger partial charge in [-0.25, -0.2) is 4.68 Å². The van der Waals surface area contributed by atoms with Gasteiger partial charge in [-0.05, 0) is 25.8 Å². The zero-order valence-electron chi connectivity index (χ0n) is 12.6. The Balaban J connectivity index is 1.49. The van der Waals surface area contributed by atoms with Crippen LogP contribution in [0.2, 0.25) is 0 Å². The second-order valence-corrected chi connectivity index (χ2v) is 5.99. The highest BCUT2D eigenvalue weighted by Gasteiger charge is 2.24. The topological polar surface area (TPSA) is 75.1 Å². The summed E-state index contributed by atoms with van der Waals surface area (Å²) in [6.45, 7) is 7.30. The first-order valence-electron chi connectivity index (χ1n) is 7.92. The van der Waals surface area contributed by atoms with Gasteiger partial charge in [0.1, 0.15) is 0 Å². The minimum absolute atomic E-state index is 0.0949. The molecule has 1 amide bonds. The number of piperidine rings is 1. The third-order valence-electron chi connectivity index (χ3n) is 4.34. The predicted octanol–water partition coefficient (Wildman–Crippen LogP) is 0.0266. The Morgan fingerprint density at radius 2 is 2.19 bits per heavy atom. The summed E-state index contributed by atoms with van der Waals surface area (Å²) < 4.78 is 1.79. The molecule has 3 heterocycles. The predicted molar refractivity (Wildman–Crippen MR) is 79.1 cm³/mol. The van der Waals surface area contributed by atoms with Gasteiger partial charge in [0.15, 0.2) is 5.69 Å². The van der Waals surface area contributed by atoms with Gasteiger partial charge >= 0.3 is 0 Å². The van der Waals surface area contributed by atoms with Crippen molar-refractivity contribution in [2.75, 3.05) is 32.7 Å². The molecule has 3 rings (SSSR count). The van der Waals surface area contributed by atoms with Crippen molar-refractivity contribution in [2.45, 2.75) is 38.3 Å². The molecule has 2 saturated heterocycles. The van der Waals surface area contributed by atoms with Crippen molar-refractivity contribution >= 4 is 5.91 Å². The molecule has 0 unspecified atom stereocenters. The molecule has 7 nitrogen and oxygen atoms in total. The zero-order valence-corrected chi connectivity index (χ0v) is 12.6. The fourth-order valence-electron chi connectivity index (χ4n) is 2.90. The Kier molecular flexibility index (Phi) is 4.50. The quantitative estimate of drug-likeness (QED) is 0.801. The second kappa shape index (κ2) is 6.53. The molecule has 0 radical (unpaired) electrons. The van der Waals surface area contributed by atoms with Crippen molar-refractivity contribution < 1.29 is 4.79 Å². The summed E-state index contributed by atoms with van der Waals surface area (Å²) in [5.41, 5.74) is 0.429. The van der Waals surface area contributed by atoms with E-state index in [-0.39, 0.29) is 11.9 Å². The number of carbonyl (C=O) groups excluding carboxylic acids is 1. The third kappa shape index (κ3) is 3.41. The molecule has 1 aromatic heterocycles. The SMILES string of the molecule is CCCN1CCC(NC(=O)c2cn(C3CNC3)nn2)CC1. The van der Waals surface area contributed by atoms with Gasteiger partial charge < -0.3 is 15.5 Å². The summed E-state index contributed by atoms with van der Waals surface area (Å²) in [7, 11) is 0. The number of amides is 1. The number of nitrogens with zero attached hydrogens (tertiary/aromatic N) is 4. The number of nitrogens with one attached hydrogen (secondary N) is 2. The summed E-state index contributed by atoms with van der Waals surface area (Å²) >= 11 is 0. The summed E-state index contributed by atoms with van der Waals surface area (Å²) in [6.07, 6.45) is 4.99. The van der Waals surface area contributed by atoms with E-state index >= 15 is 0 Å². The lowest BCUT2D eigenvalue weighted by atomic mass is 10.0. The van der Waals surface area contributed by atoms with Crippen LogP contribution in [0.5, 0.6) is 0 Å². The van der Waals surface area contributed by atoms with Gasteiger partial charge in [0, 0.05) is 32.2 Å². The van der Waals surface area contributed by atoms with E-state index in [4.69, 9.17) is 0 Å². The second-order valence-electron chi connectivity index (χ2n) is 5.99. The molecule has 0 saturated carbocycles. The van der Waals surface area contributed by atoms with Crippen LogP contribution in [0.15, 0.2) is 6.20 Å². The van der Waals surface area contributed by atoms with Crippen LogP contribution in [0.3, 0.4) is 0 Å². The van der Waals surface area contributed by atoms with E-state index in [0.717, 1.165) is 45.6 Å². The number of aromatic nitrogens is 3. The largest absolute Gasteiger partial charge is 0.348 e. The van der Waals surface area contributed by atoms with Crippen molar-refractivity contribution in [3.05, 3.63) is 11.9 Å². The molecular formula is C14H24N6O. The maximum Gasteiger partial charge on any atom is 0.273 e. The van der Waals surface area contributed by atoms with Gasteiger partial charge in [-0.3, -0.25) is 4.79 Å². The van der Waals surface area contributed by atoms with Crippen LogP contribution >= 0.6 is 0 Å². The summed E-state index contributed by atoms with van der Waals surface area (Å²) in [5.74, 6) is -0.0949. The molecule has 2 aliphatic rings. The average Bonchev–Trinajstić information content (AvgIpc) is 2.89. The van der Waals surface area contributed by atoms with Gasteiger partial charge in [-0.1, -0.05) is 12.1 Å². The fraction of sp³-hybridized carbons (Fsp3) is 0.786. The third-order valence-corrected chi connectivity index (χ3v) is 4.34. The van der Waals surface area contributed by atoms with E-state index in [1.165, 1.54) is 6.42 Å². The van der Waals surface area contributed by atoms with Gasteiger partial charge in [-0.15, -0.1) is 5.10 Å². The monoisotopic (exact) mass is 292 g/mol. The molecule has 116 valence electrons. The lowest BCUT2D eigenvalue weighted by molar-refractivity contribution is 0.0906. The maximum atomic E-state index is 12.2. The molecule has 0 aromatic carbocycles. The Morgan fingerprint density at radius 3 is 2.81 bits per heavy atom. The first kappa shape index (κ1) is 14.5. The van der Waals surface area contributed by atoms with E-state index < -0.39 is 0 Å². The van der Waals surface area contributed by atoms with E-state index in [2.05, 4.69) is 32.8 Å². The lowest BCUT2D eigenvalue weighted by Gasteiger charge is -2.31. The molecular weight excluding hydrogens is 268 g/mol. The number of rotatable bonds is 5. The molecule has 2 aliphatic heterocycles. The van der Waals surface area contributed by atoms with Crippen LogP contribution in [0, 0.1) is 0 Å². The van der Waals surface area contributed by atoms with E-state index in [0.29, 0.717) is 11.7 Å². The van der Waals surface area contributed by atoms with Crippen LogP contribution in [0.4, 0.5) is 0 Å². The number of carbonyl (C=O) groups is 1. The minimum atomic E-state index is -0.0949. The molecule has 2 N–H and O–H groups in total. The van der Waals surface area contributed by atoms with Crippen molar-refractivity contribution in [1.82, 2.24) is 30.5 Å². The molecule has 0 spiro atoms. The van der Waals surface area contributed by atoms with E-state index in [1.807, 2.05) is 0 Å². The molecule has 21 heavy (non-hydrogen) atoms. The fourth-order valence-corrected chi connectivity index (χ4v) is 2.90. The number of likely N-dealkylation sites (tertiary alicyclic amines) is 1. The maximum absolute atomic E-state index is 12.2. The summed E-state index contributed by atoms with van der Waals surface area (Å²) in [5, 5.41) is 14.3. The number of hydrogen-bond acceptors (Lipinski definition) is 5. The van der Waals surface area contributed by atoms with Crippen molar-refractivity contribution in [3.63, 3.8) is 0 Å². The summed E-state index contributed by atoms with van der Waals surface area (Å²) in [6, 6.07) is 0.609. The van der Waals surface area contributed by atoms with Crippen LogP contribution in [-0.4, -0.2) is 64.6 Å². The van der Waals surface area contributed by atoms with Crippen molar-refractivity contribution in [2.24, 2.45) is 0 Å². The molecule has 0 bridgehead atoms. The lowest BCUT2D eigenvalue weighted by Crippen LogP contribution is -2.45. The smallest absolute Gasteiger partial charge is 0.273 e.